The standard InChI is InChI=1S/C20H22N2O2/c1-3-15-10-6-8-14(2)18(15)21-19(23)20(24)22-13-7-11-16-9-4-5-12-17(16)22/h4-6,8-10,12H,3,7,11,13H2,1-2H3,(H,21,23). The fraction of sp³-hybridized carbons (Fsp3) is 0.300. The molecule has 0 saturated heterocycles. The van der Waals surface area contributed by atoms with Crippen molar-refractivity contribution in [3.05, 3.63) is 59.2 Å². The molecule has 2 aromatic carbocycles. The van der Waals surface area contributed by atoms with Gasteiger partial charge in [0.2, 0.25) is 0 Å². The molecule has 0 aromatic heterocycles. The fourth-order valence-corrected chi connectivity index (χ4v) is 3.24. The average Bonchev–Trinajstić information content (AvgIpc) is 2.62. The Morgan fingerprint density at radius 2 is 1.92 bits per heavy atom. The highest BCUT2D eigenvalue weighted by molar-refractivity contribution is 6.44. The van der Waals surface area contributed by atoms with E-state index in [0.717, 1.165) is 47.3 Å². The summed E-state index contributed by atoms with van der Waals surface area (Å²) in [6, 6.07) is 13.7. The number of rotatable bonds is 2. The van der Waals surface area contributed by atoms with E-state index in [-0.39, 0.29) is 0 Å². The van der Waals surface area contributed by atoms with Gasteiger partial charge in [0.1, 0.15) is 0 Å². The van der Waals surface area contributed by atoms with Crippen LogP contribution in [0.25, 0.3) is 0 Å². The van der Waals surface area contributed by atoms with Crippen LogP contribution in [0.3, 0.4) is 0 Å². The summed E-state index contributed by atoms with van der Waals surface area (Å²) >= 11 is 0. The van der Waals surface area contributed by atoms with Crippen molar-refractivity contribution < 1.29 is 9.59 Å². The maximum Gasteiger partial charge on any atom is 0.316 e. The normalized spacial score (nSPS) is 13.3. The molecule has 24 heavy (non-hydrogen) atoms. The molecule has 0 atom stereocenters. The Hall–Kier alpha value is -2.62. The molecule has 0 saturated carbocycles. The van der Waals surface area contributed by atoms with Crippen molar-refractivity contribution in [2.75, 3.05) is 16.8 Å². The summed E-state index contributed by atoms with van der Waals surface area (Å²) in [5.41, 5.74) is 4.73. The van der Waals surface area contributed by atoms with Crippen LogP contribution in [0.2, 0.25) is 0 Å². The second kappa shape index (κ2) is 6.87. The maximum atomic E-state index is 12.7. The minimum Gasteiger partial charge on any atom is -0.317 e. The van der Waals surface area contributed by atoms with Crippen LogP contribution in [0.15, 0.2) is 42.5 Å². The zero-order valence-corrected chi connectivity index (χ0v) is 14.1. The lowest BCUT2D eigenvalue weighted by molar-refractivity contribution is -0.134. The van der Waals surface area contributed by atoms with Gasteiger partial charge in [-0.3, -0.25) is 9.59 Å². The van der Waals surface area contributed by atoms with Crippen molar-refractivity contribution in [1.82, 2.24) is 0 Å². The molecule has 1 heterocycles. The van der Waals surface area contributed by atoms with Gasteiger partial charge in [-0.15, -0.1) is 0 Å². The van der Waals surface area contributed by atoms with Gasteiger partial charge in [0.15, 0.2) is 0 Å². The van der Waals surface area contributed by atoms with Crippen LogP contribution in [0.5, 0.6) is 0 Å². The summed E-state index contributed by atoms with van der Waals surface area (Å²) < 4.78 is 0. The third-order valence-electron chi connectivity index (χ3n) is 4.53. The Balaban J connectivity index is 1.83. The number of carbonyl (C=O) groups excluding carboxylic acids is 2. The highest BCUT2D eigenvalue weighted by Crippen LogP contribution is 2.27. The van der Waals surface area contributed by atoms with Gasteiger partial charge in [0.25, 0.3) is 0 Å². The van der Waals surface area contributed by atoms with E-state index in [1.165, 1.54) is 0 Å². The lowest BCUT2D eigenvalue weighted by atomic mass is 10.0. The number of aryl methyl sites for hydroxylation is 3. The highest BCUT2D eigenvalue weighted by atomic mass is 16.2. The van der Waals surface area contributed by atoms with Crippen LogP contribution in [-0.2, 0) is 22.4 Å². The maximum absolute atomic E-state index is 12.7. The second-order valence-corrected chi connectivity index (χ2v) is 6.11. The molecule has 2 aromatic rings. The van der Waals surface area contributed by atoms with Gasteiger partial charge < -0.3 is 10.2 Å². The Morgan fingerprint density at radius 3 is 2.71 bits per heavy atom. The number of hydrogen-bond acceptors (Lipinski definition) is 2. The number of fused-ring (bicyclic) bond motifs is 1. The van der Waals surface area contributed by atoms with Crippen LogP contribution in [0.4, 0.5) is 11.4 Å². The largest absolute Gasteiger partial charge is 0.317 e. The number of anilines is 2. The van der Waals surface area contributed by atoms with Gasteiger partial charge in [0.05, 0.1) is 0 Å². The van der Waals surface area contributed by atoms with Gasteiger partial charge in [-0.1, -0.05) is 43.3 Å². The predicted molar refractivity (Wildman–Crippen MR) is 96.3 cm³/mol. The SMILES string of the molecule is CCc1cccc(C)c1NC(=O)C(=O)N1CCCc2ccccc21. The summed E-state index contributed by atoms with van der Waals surface area (Å²) in [5.74, 6) is -1.07. The molecule has 1 aliphatic heterocycles. The first kappa shape index (κ1) is 16.2. The zero-order valence-electron chi connectivity index (χ0n) is 14.1. The summed E-state index contributed by atoms with van der Waals surface area (Å²) in [7, 11) is 0. The molecule has 3 rings (SSSR count). The lowest BCUT2D eigenvalue weighted by Crippen LogP contribution is -2.42. The van der Waals surface area contributed by atoms with E-state index in [0.29, 0.717) is 6.54 Å². The monoisotopic (exact) mass is 322 g/mol. The highest BCUT2D eigenvalue weighted by Gasteiger charge is 2.27. The molecule has 0 spiro atoms. The molecule has 2 amide bonds. The summed E-state index contributed by atoms with van der Waals surface area (Å²) in [6.07, 6.45) is 2.62. The molecule has 124 valence electrons. The smallest absolute Gasteiger partial charge is 0.316 e. The summed E-state index contributed by atoms with van der Waals surface area (Å²) in [4.78, 5) is 26.8. The van der Waals surface area contributed by atoms with Crippen molar-refractivity contribution in [2.24, 2.45) is 0 Å². The van der Waals surface area contributed by atoms with Crippen LogP contribution < -0.4 is 10.2 Å². The Labute approximate surface area is 142 Å². The molecule has 0 aliphatic carbocycles. The molecular formula is C20H22N2O2. The number of amides is 2. The fourth-order valence-electron chi connectivity index (χ4n) is 3.24. The number of carbonyl (C=O) groups is 2. The molecule has 4 nitrogen and oxygen atoms in total. The second-order valence-electron chi connectivity index (χ2n) is 6.11. The van der Waals surface area contributed by atoms with Gasteiger partial charge in [-0.2, -0.15) is 0 Å². The molecule has 1 aliphatic rings. The number of para-hydroxylation sites is 2. The van der Waals surface area contributed by atoms with E-state index in [2.05, 4.69) is 5.32 Å². The predicted octanol–water partition coefficient (Wildman–Crippen LogP) is 3.48. The van der Waals surface area contributed by atoms with Crippen LogP contribution in [0.1, 0.15) is 30.0 Å². The molecular weight excluding hydrogens is 300 g/mol. The molecule has 0 unspecified atom stereocenters. The quantitative estimate of drug-likeness (QED) is 0.861. The molecule has 0 bridgehead atoms. The van der Waals surface area contributed by atoms with E-state index < -0.39 is 11.8 Å². The van der Waals surface area contributed by atoms with E-state index >= 15 is 0 Å². The Morgan fingerprint density at radius 1 is 1.12 bits per heavy atom. The van der Waals surface area contributed by atoms with Gasteiger partial charge in [-0.25, -0.2) is 0 Å². The zero-order chi connectivity index (χ0) is 17.1. The first-order valence-electron chi connectivity index (χ1n) is 8.41. The van der Waals surface area contributed by atoms with Gasteiger partial charge in [0, 0.05) is 17.9 Å². The third-order valence-corrected chi connectivity index (χ3v) is 4.53. The summed E-state index contributed by atoms with van der Waals surface area (Å²) in [6.45, 7) is 4.56. The third kappa shape index (κ3) is 3.04. The van der Waals surface area contributed by atoms with Crippen molar-refractivity contribution in [3.63, 3.8) is 0 Å². The van der Waals surface area contributed by atoms with E-state index in [1.54, 1.807) is 4.90 Å². The summed E-state index contributed by atoms with van der Waals surface area (Å²) in [5, 5.41) is 2.83. The lowest BCUT2D eigenvalue weighted by Gasteiger charge is -2.29. The van der Waals surface area contributed by atoms with Crippen molar-refractivity contribution in [1.29, 1.82) is 0 Å². The van der Waals surface area contributed by atoms with Gasteiger partial charge in [-0.05, 0) is 48.9 Å². The molecule has 0 fully saturated rings. The minimum atomic E-state index is -0.573. The Bertz CT molecular complexity index is 783. The van der Waals surface area contributed by atoms with Crippen LogP contribution in [0, 0.1) is 6.92 Å². The first-order valence-corrected chi connectivity index (χ1v) is 8.41. The number of nitrogens with zero attached hydrogens (tertiary/aromatic N) is 1. The van der Waals surface area contributed by atoms with Gasteiger partial charge >= 0.3 is 11.8 Å². The number of benzene rings is 2. The molecule has 1 N–H and O–H groups in total. The first-order chi connectivity index (χ1) is 11.6. The van der Waals surface area contributed by atoms with Crippen molar-refractivity contribution >= 4 is 23.2 Å². The topological polar surface area (TPSA) is 49.4 Å². The van der Waals surface area contributed by atoms with Crippen molar-refractivity contribution in [2.45, 2.75) is 33.1 Å². The van der Waals surface area contributed by atoms with E-state index in [9.17, 15) is 9.59 Å². The Kier molecular flexibility index (Phi) is 4.65. The molecule has 4 heteroatoms. The molecule has 0 radical (unpaired) electrons. The number of nitrogens with one attached hydrogen (secondary N) is 1. The minimum absolute atomic E-state index is 0.493. The van der Waals surface area contributed by atoms with E-state index in [4.69, 9.17) is 0 Å². The average molecular weight is 322 g/mol. The van der Waals surface area contributed by atoms with Crippen molar-refractivity contribution in [3.8, 4) is 0 Å². The van der Waals surface area contributed by atoms with Crippen LogP contribution in [-0.4, -0.2) is 18.4 Å². The van der Waals surface area contributed by atoms with E-state index in [1.807, 2.05) is 56.3 Å². The number of hydrogen-bond donors (Lipinski definition) is 1. The van der Waals surface area contributed by atoms with Crippen LogP contribution >= 0.6 is 0 Å².